The summed E-state index contributed by atoms with van der Waals surface area (Å²) in [4.78, 5) is 19.4. The van der Waals surface area contributed by atoms with Gasteiger partial charge in [-0.2, -0.15) is 5.26 Å². The van der Waals surface area contributed by atoms with E-state index in [1.165, 1.54) is 0 Å². The molecule has 0 saturated heterocycles. The minimum Gasteiger partial charge on any atom is -0.347 e. The number of imidazole rings is 1. The molecule has 18 heavy (non-hydrogen) atoms. The van der Waals surface area contributed by atoms with Crippen molar-refractivity contribution in [3.8, 4) is 6.07 Å². The predicted octanol–water partition coefficient (Wildman–Crippen LogP) is 2.06. The molecule has 0 spiro atoms. The van der Waals surface area contributed by atoms with Crippen LogP contribution in [0, 0.1) is 16.7 Å². The molecule has 96 valence electrons. The van der Waals surface area contributed by atoms with Crippen LogP contribution in [0.25, 0.3) is 0 Å². The Labute approximate surface area is 107 Å². The van der Waals surface area contributed by atoms with Crippen molar-refractivity contribution in [3.63, 3.8) is 0 Å². The van der Waals surface area contributed by atoms with Gasteiger partial charge in [0.1, 0.15) is 11.2 Å². The van der Waals surface area contributed by atoms with Crippen molar-refractivity contribution in [2.24, 2.45) is 5.41 Å². The maximum absolute atomic E-state index is 12.3. The number of nitriles is 1. The molecule has 1 aromatic rings. The highest BCUT2D eigenvalue weighted by Crippen LogP contribution is 2.36. The highest BCUT2D eigenvalue weighted by atomic mass is 16.2. The van der Waals surface area contributed by atoms with E-state index in [2.05, 4.69) is 21.4 Å². The number of carbonyl (C=O) groups is 1. The molecule has 1 aliphatic carbocycles. The van der Waals surface area contributed by atoms with Gasteiger partial charge in [-0.3, -0.25) is 4.79 Å². The average Bonchev–Trinajstić information content (AvgIpc) is 2.93. The first kappa shape index (κ1) is 12.6. The first-order chi connectivity index (χ1) is 8.68. The Bertz CT molecular complexity index is 440. The van der Waals surface area contributed by atoms with Gasteiger partial charge >= 0.3 is 0 Å². The van der Waals surface area contributed by atoms with Gasteiger partial charge in [-0.1, -0.05) is 19.3 Å². The van der Waals surface area contributed by atoms with Gasteiger partial charge in [0, 0.05) is 12.4 Å². The van der Waals surface area contributed by atoms with Crippen LogP contribution in [0.3, 0.4) is 0 Å². The zero-order valence-corrected chi connectivity index (χ0v) is 10.6. The van der Waals surface area contributed by atoms with Crippen LogP contribution >= 0.6 is 0 Å². The number of nitrogens with zero attached hydrogens (tertiary/aromatic N) is 2. The van der Waals surface area contributed by atoms with Gasteiger partial charge in [0.05, 0.1) is 12.1 Å². The molecule has 1 heterocycles. The van der Waals surface area contributed by atoms with Crippen LogP contribution in [0.5, 0.6) is 0 Å². The fourth-order valence-corrected chi connectivity index (χ4v) is 2.46. The summed E-state index contributed by atoms with van der Waals surface area (Å²) < 4.78 is 0. The Morgan fingerprint density at radius 1 is 1.56 bits per heavy atom. The Morgan fingerprint density at radius 3 is 2.83 bits per heavy atom. The van der Waals surface area contributed by atoms with E-state index in [-0.39, 0.29) is 11.9 Å². The van der Waals surface area contributed by atoms with Gasteiger partial charge in [-0.25, -0.2) is 4.98 Å². The van der Waals surface area contributed by atoms with Crippen molar-refractivity contribution < 1.29 is 4.79 Å². The standard InChI is InChI=1S/C13H18N4O/c1-10(11-15-7-8-16-11)17-12(18)13(9-14)5-3-2-4-6-13/h7-8,10H,2-6H2,1H3,(H,15,16)(H,17,18). The lowest BCUT2D eigenvalue weighted by Gasteiger charge is -2.30. The van der Waals surface area contributed by atoms with E-state index in [9.17, 15) is 10.1 Å². The molecule has 0 radical (unpaired) electrons. The van der Waals surface area contributed by atoms with Crippen molar-refractivity contribution in [2.45, 2.75) is 45.1 Å². The lowest BCUT2D eigenvalue weighted by Crippen LogP contribution is -2.42. The molecular formula is C13H18N4O. The third kappa shape index (κ3) is 2.37. The van der Waals surface area contributed by atoms with Crippen molar-refractivity contribution in [2.75, 3.05) is 0 Å². The number of H-pyrrole nitrogens is 1. The Balaban J connectivity index is 2.04. The summed E-state index contributed by atoms with van der Waals surface area (Å²) in [6.07, 6.45) is 7.73. The van der Waals surface area contributed by atoms with Crippen molar-refractivity contribution in [1.29, 1.82) is 5.26 Å². The smallest absolute Gasteiger partial charge is 0.241 e. The molecule has 2 rings (SSSR count). The molecule has 5 heteroatoms. The fourth-order valence-electron chi connectivity index (χ4n) is 2.46. The molecule has 0 bridgehead atoms. The molecular weight excluding hydrogens is 228 g/mol. The summed E-state index contributed by atoms with van der Waals surface area (Å²) in [7, 11) is 0. The summed E-state index contributed by atoms with van der Waals surface area (Å²) in [5.74, 6) is 0.556. The van der Waals surface area contributed by atoms with E-state index in [0.29, 0.717) is 18.7 Å². The van der Waals surface area contributed by atoms with Crippen LogP contribution in [0.15, 0.2) is 12.4 Å². The van der Waals surface area contributed by atoms with Gasteiger partial charge in [0.25, 0.3) is 0 Å². The first-order valence-electron chi connectivity index (χ1n) is 6.39. The van der Waals surface area contributed by atoms with Crippen molar-refractivity contribution >= 4 is 5.91 Å². The Morgan fingerprint density at radius 2 is 2.28 bits per heavy atom. The van der Waals surface area contributed by atoms with E-state index < -0.39 is 5.41 Å². The van der Waals surface area contributed by atoms with Crippen molar-refractivity contribution in [1.82, 2.24) is 15.3 Å². The van der Waals surface area contributed by atoms with Gasteiger partial charge in [0.2, 0.25) is 5.91 Å². The molecule has 1 saturated carbocycles. The van der Waals surface area contributed by atoms with Gasteiger partial charge < -0.3 is 10.3 Å². The molecule has 1 atom stereocenters. The molecule has 0 aliphatic heterocycles. The summed E-state index contributed by atoms with van der Waals surface area (Å²) >= 11 is 0. The fraction of sp³-hybridized carbons (Fsp3) is 0.615. The second-order valence-electron chi connectivity index (χ2n) is 4.92. The summed E-state index contributed by atoms with van der Waals surface area (Å²) in [6, 6.07) is 2.03. The average molecular weight is 246 g/mol. The number of aromatic amines is 1. The minimum atomic E-state index is -0.834. The quantitative estimate of drug-likeness (QED) is 0.856. The van der Waals surface area contributed by atoms with Crippen LogP contribution in [0.1, 0.15) is 50.9 Å². The maximum atomic E-state index is 12.3. The highest BCUT2D eigenvalue weighted by molar-refractivity contribution is 5.85. The zero-order valence-electron chi connectivity index (χ0n) is 10.6. The van der Waals surface area contributed by atoms with Crippen LogP contribution in [-0.4, -0.2) is 15.9 Å². The second kappa shape index (κ2) is 5.21. The van der Waals surface area contributed by atoms with E-state index >= 15 is 0 Å². The third-order valence-corrected chi connectivity index (χ3v) is 3.63. The normalized spacial score (nSPS) is 19.8. The zero-order chi connectivity index (χ0) is 13.0. The SMILES string of the molecule is CC(NC(=O)C1(C#N)CCCCC1)c1ncc[nH]1. The topological polar surface area (TPSA) is 81.6 Å². The van der Waals surface area contributed by atoms with Crippen LogP contribution in [0.2, 0.25) is 0 Å². The van der Waals surface area contributed by atoms with E-state index in [1.807, 2.05) is 6.92 Å². The first-order valence-corrected chi connectivity index (χ1v) is 6.39. The molecule has 1 amide bonds. The Kier molecular flexibility index (Phi) is 3.66. The largest absolute Gasteiger partial charge is 0.347 e. The number of aromatic nitrogens is 2. The molecule has 1 aromatic heterocycles. The highest BCUT2D eigenvalue weighted by Gasteiger charge is 2.40. The van der Waals surface area contributed by atoms with Gasteiger partial charge in [0.15, 0.2) is 0 Å². The molecule has 2 N–H and O–H groups in total. The van der Waals surface area contributed by atoms with Gasteiger partial charge in [-0.05, 0) is 19.8 Å². The predicted molar refractivity (Wildman–Crippen MR) is 66.3 cm³/mol. The molecule has 1 fully saturated rings. The maximum Gasteiger partial charge on any atom is 0.241 e. The number of carbonyl (C=O) groups excluding carboxylic acids is 1. The number of hydrogen-bond donors (Lipinski definition) is 2. The summed E-state index contributed by atoms with van der Waals surface area (Å²) in [5, 5.41) is 12.2. The number of nitrogens with one attached hydrogen (secondary N) is 2. The molecule has 1 unspecified atom stereocenters. The summed E-state index contributed by atoms with van der Waals surface area (Å²) in [5.41, 5.74) is -0.834. The second-order valence-corrected chi connectivity index (χ2v) is 4.92. The molecule has 1 aliphatic rings. The van der Waals surface area contributed by atoms with Crippen molar-refractivity contribution in [3.05, 3.63) is 18.2 Å². The lowest BCUT2D eigenvalue weighted by atomic mass is 9.74. The van der Waals surface area contributed by atoms with E-state index in [4.69, 9.17) is 0 Å². The minimum absolute atomic E-state index is 0.159. The Hall–Kier alpha value is -1.83. The summed E-state index contributed by atoms with van der Waals surface area (Å²) in [6.45, 7) is 1.87. The molecule has 5 nitrogen and oxygen atoms in total. The van der Waals surface area contributed by atoms with E-state index in [1.54, 1.807) is 12.4 Å². The number of rotatable bonds is 3. The number of hydrogen-bond acceptors (Lipinski definition) is 3. The lowest BCUT2D eigenvalue weighted by molar-refractivity contribution is -0.130. The van der Waals surface area contributed by atoms with Crippen LogP contribution in [-0.2, 0) is 4.79 Å². The monoisotopic (exact) mass is 246 g/mol. The van der Waals surface area contributed by atoms with Crippen LogP contribution in [0.4, 0.5) is 0 Å². The number of amides is 1. The third-order valence-electron chi connectivity index (χ3n) is 3.63. The molecule has 0 aromatic carbocycles. The van der Waals surface area contributed by atoms with Crippen LogP contribution < -0.4 is 5.32 Å². The van der Waals surface area contributed by atoms with E-state index in [0.717, 1.165) is 19.3 Å². The van der Waals surface area contributed by atoms with Gasteiger partial charge in [-0.15, -0.1) is 0 Å².